The van der Waals surface area contributed by atoms with E-state index in [0.717, 1.165) is 31.9 Å². The van der Waals surface area contributed by atoms with E-state index < -0.39 is 17.6 Å². The number of para-hydroxylation sites is 1. The van der Waals surface area contributed by atoms with Crippen LogP contribution in [0.5, 0.6) is 5.75 Å². The number of likely N-dealkylation sites (N-methyl/N-ethyl adjacent to an activating group) is 1. The highest BCUT2D eigenvalue weighted by Gasteiger charge is 2.26. The van der Waals surface area contributed by atoms with Crippen molar-refractivity contribution in [1.82, 2.24) is 19.7 Å². The van der Waals surface area contributed by atoms with Crippen molar-refractivity contribution in [1.29, 1.82) is 0 Å². The molecule has 5 rings (SSSR count). The smallest absolute Gasteiger partial charge is 0.340 e. The van der Waals surface area contributed by atoms with E-state index in [-0.39, 0.29) is 32.8 Å². The monoisotopic (exact) mass is 465 g/mol. The number of ether oxygens (including phenoxy) is 1. The number of hydrogen-bond acceptors (Lipinski definition) is 7. The zero-order valence-corrected chi connectivity index (χ0v) is 18.8. The molecule has 4 aromatic rings. The van der Waals surface area contributed by atoms with Crippen LogP contribution in [0, 0.1) is 0 Å². The lowest BCUT2D eigenvalue weighted by molar-refractivity contribution is -0.142. The van der Waals surface area contributed by atoms with Crippen LogP contribution in [0.3, 0.4) is 0 Å². The summed E-state index contributed by atoms with van der Waals surface area (Å²) in [4.78, 5) is 37.4. The highest BCUT2D eigenvalue weighted by atomic mass is 19.2. The highest BCUT2D eigenvalue weighted by Crippen LogP contribution is 2.35. The number of pyridine rings is 1. The number of benzene rings is 2. The maximum atomic E-state index is 15.0. The highest BCUT2D eigenvalue weighted by molar-refractivity contribution is 5.95. The fourth-order valence-corrected chi connectivity index (χ4v) is 4.15. The van der Waals surface area contributed by atoms with E-state index in [4.69, 9.17) is 4.74 Å². The van der Waals surface area contributed by atoms with Crippen molar-refractivity contribution < 1.29 is 19.1 Å². The minimum Gasteiger partial charge on any atom is -0.423 e. The number of aliphatic hydroxyl groups is 1. The third-order valence-corrected chi connectivity index (χ3v) is 6.09. The number of halogens is 1. The third-order valence-electron chi connectivity index (χ3n) is 6.09. The number of hydrogen-bond donors (Lipinski definition) is 2. The number of anilines is 1. The molecule has 1 atom stereocenters. The number of aromatic nitrogens is 3. The van der Waals surface area contributed by atoms with Crippen LogP contribution in [-0.2, 0) is 4.79 Å². The van der Waals surface area contributed by atoms with Gasteiger partial charge in [-0.2, -0.15) is 0 Å². The number of piperazine rings is 1. The molecule has 2 aromatic carbocycles. The van der Waals surface area contributed by atoms with Crippen molar-refractivity contribution in [2.24, 2.45) is 0 Å². The third kappa shape index (κ3) is 3.80. The molecule has 3 heterocycles. The predicted molar refractivity (Wildman–Crippen MR) is 127 cm³/mol. The molecule has 0 saturated carbocycles. The maximum absolute atomic E-state index is 15.0. The molecular formula is C24H24FN5O4. The number of carbonyl (C=O) groups is 1. The lowest BCUT2D eigenvalue weighted by Crippen LogP contribution is -2.44. The Morgan fingerprint density at radius 3 is 2.65 bits per heavy atom. The Bertz CT molecular complexity index is 1450. The van der Waals surface area contributed by atoms with Gasteiger partial charge in [-0.15, -0.1) is 4.79 Å². The molecule has 0 radical (unpaired) electrons. The van der Waals surface area contributed by atoms with E-state index in [1.807, 2.05) is 18.2 Å². The van der Waals surface area contributed by atoms with Crippen LogP contribution in [0.4, 0.5) is 10.2 Å². The second kappa shape index (κ2) is 8.54. The van der Waals surface area contributed by atoms with E-state index in [2.05, 4.69) is 26.8 Å². The first kappa shape index (κ1) is 22.1. The second-order valence-electron chi connectivity index (χ2n) is 8.48. The molecule has 9 nitrogen and oxygen atoms in total. The summed E-state index contributed by atoms with van der Waals surface area (Å²) in [6.07, 6.45) is -1.43. The van der Waals surface area contributed by atoms with Crippen LogP contribution in [0.25, 0.3) is 33.3 Å². The van der Waals surface area contributed by atoms with Crippen molar-refractivity contribution in [2.45, 2.75) is 13.0 Å². The number of imidazole rings is 1. The van der Waals surface area contributed by atoms with Crippen molar-refractivity contribution >= 4 is 33.6 Å². The van der Waals surface area contributed by atoms with Crippen LogP contribution in [0.2, 0.25) is 0 Å². The molecule has 10 heteroatoms. The molecule has 2 aromatic heterocycles. The molecule has 0 amide bonds. The molecule has 1 saturated heterocycles. The summed E-state index contributed by atoms with van der Waals surface area (Å²) < 4.78 is 20.4. The Hall–Kier alpha value is -3.76. The largest absolute Gasteiger partial charge is 0.423 e. The van der Waals surface area contributed by atoms with E-state index >= 15 is 0 Å². The standard InChI is InChI=1S/C24H24FN5O4/c1-14(31)24(33)34-21-16-5-3-4-6-19(16)30(25)23(32)20(21)22-26-17-8-7-15(13-18(17)27-22)29-11-9-28(2)10-12-29/h3-8,13-14,31H,9-12H2,1-2H3,(H,26,27). The molecule has 1 aliphatic rings. The van der Waals surface area contributed by atoms with Crippen LogP contribution < -0.4 is 15.2 Å². The summed E-state index contributed by atoms with van der Waals surface area (Å²) in [6.45, 7) is 4.94. The lowest BCUT2D eigenvalue weighted by Gasteiger charge is -2.34. The van der Waals surface area contributed by atoms with Gasteiger partial charge in [-0.3, -0.25) is 4.79 Å². The summed E-state index contributed by atoms with van der Waals surface area (Å²) in [5, 5.41) is 9.86. The molecule has 0 aliphatic carbocycles. The molecule has 0 bridgehead atoms. The number of nitrogens with one attached hydrogen (secondary N) is 1. The molecule has 1 aliphatic heterocycles. The Morgan fingerprint density at radius 1 is 1.18 bits per heavy atom. The van der Waals surface area contributed by atoms with Crippen LogP contribution >= 0.6 is 0 Å². The molecule has 2 N–H and O–H groups in total. The predicted octanol–water partition coefficient (Wildman–Crippen LogP) is 2.32. The number of H-pyrrole nitrogens is 1. The first-order valence-corrected chi connectivity index (χ1v) is 11.0. The Labute approximate surface area is 193 Å². The summed E-state index contributed by atoms with van der Waals surface area (Å²) >= 11 is 0. The van der Waals surface area contributed by atoms with Gasteiger partial charge in [-0.25, -0.2) is 9.78 Å². The van der Waals surface area contributed by atoms with E-state index in [1.54, 1.807) is 12.1 Å². The fourth-order valence-electron chi connectivity index (χ4n) is 4.15. The summed E-state index contributed by atoms with van der Waals surface area (Å²) in [5.74, 6) is -1.05. The summed E-state index contributed by atoms with van der Waals surface area (Å²) in [5.41, 5.74) is 0.949. The van der Waals surface area contributed by atoms with E-state index in [0.29, 0.717) is 11.0 Å². The molecular weight excluding hydrogens is 441 g/mol. The number of rotatable bonds is 4. The van der Waals surface area contributed by atoms with Gasteiger partial charge in [0.15, 0.2) is 5.75 Å². The number of aliphatic hydroxyl groups excluding tert-OH is 1. The van der Waals surface area contributed by atoms with Gasteiger partial charge in [0.2, 0.25) is 0 Å². The number of carbonyl (C=O) groups excluding carboxylic acids is 1. The van der Waals surface area contributed by atoms with Gasteiger partial charge >= 0.3 is 5.97 Å². The van der Waals surface area contributed by atoms with Gasteiger partial charge in [0.05, 0.1) is 16.6 Å². The molecule has 34 heavy (non-hydrogen) atoms. The molecule has 1 fully saturated rings. The topological polar surface area (TPSA) is 104 Å². The van der Waals surface area contributed by atoms with Gasteiger partial charge in [-0.1, -0.05) is 16.6 Å². The minimum absolute atomic E-state index is 0.00717. The van der Waals surface area contributed by atoms with Crippen LogP contribution in [0.15, 0.2) is 47.3 Å². The number of fused-ring (bicyclic) bond motifs is 2. The Balaban J connectivity index is 1.66. The number of aromatic amines is 1. The molecule has 1 unspecified atom stereocenters. The zero-order valence-electron chi connectivity index (χ0n) is 18.8. The molecule has 0 spiro atoms. The Kier molecular flexibility index (Phi) is 5.54. The zero-order chi connectivity index (χ0) is 24.0. The average Bonchev–Trinajstić information content (AvgIpc) is 3.25. The quantitative estimate of drug-likeness (QED) is 0.446. The summed E-state index contributed by atoms with van der Waals surface area (Å²) in [7, 11) is 2.09. The number of esters is 1. The van der Waals surface area contributed by atoms with Gasteiger partial charge in [0.1, 0.15) is 17.5 Å². The van der Waals surface area contributed by atoms with Gasteiger partial charge in [0.25, 0.3) is 5.56 Å². The number of nitrogens with zero attached hydrogens (tertiary/aromatic N) is 4. The second-order valence-corrected chi connectivity index (χ2v) is 8.48. The summed E-state index contributed by atoms with van der Waals surface area (Å²) in [6, 6.07) is 11.9. The SMILES string of the molecule is CC(O)C(=O)Oc1c(-c2nc3ccc(N4CCN(C)CC4)cc3[nH]2)c(=O)n(F)c2ccccc12. The van der Waals surface area contributed by atoms with Crippen LogP contribution in [0.1, 0.15) is 6.92 Å². The van der Waals surface area contributed by atoms with Crippen molar-refractivity contribution in [3.63, 3.8) is 0 Å². The van der Waals surface area contributed by atoms with Gasteiger partial charge in [-0.05, 0) is 44.3 Å². The van der Waals surface area contributed by atoms with Crippen molar-refractivity contribution in [2.75, 3.05) is 38.1 Å². The van der Waals surface area contributed by atoms with Gasteiger partial charge < -0.3 is 24.6 Å². The lowest BCUT2D eigenvalue weighted by atomic mass is 10.1. The van der Waals surface area contributed by atoms with Crippen molar-refractivity contribution in [3.05, 3.63) is 52.8 Å². The van der Waals surface area contributed by atoms with E-state index in [9.17, 15) is 19.2 Å². The normalized spacial score (nSPS) is 15.7. The van der Waals surface area contributed by atoms with Crippen molar-refractivity contribution in [3.8, 4) is 17.1 Å². The first-order chi connectivity index (χ1) is 16.3. The minimum atomic E-state index is -1.43. The Morgan fingerprint density at radius 2 is 1.91 bits per heavy atom. The first-order valence-electron chi connectivity index (χ1n) is 11.0. The van der Waals surface area contributed by atoms with Crippen LogP contribution in [-0.4, -0.2) is 70.1 Å². The average molecular weight is 465 g/mol. The van der Waals surface area contributed by atoms with Gasteiger partial charge in [0, 0.05) is 37.3 Å². The van der Waals surface area contributed by atoms with E-state index in [1.165, 1.54) is 19.1 Å². The fraction of sp³-hybridized carbons (Fsp3) is 0.292. The maximum Gasteiger partial charge on any atom is 0.340 e. The molecule has 176 valence electrons.